The predicted molar refractivity (Wildman–Crippen MR) is 68.9 cm³/mol. The predicted octanol–water partition coefficient (Wildman–Crippen LogP) is 2.54. The third-order valence-electron chi connectivity index (χ3n) is 2.60. The van der Waals surface area contributed by atoms with E-state index in [1.54, 1.807) is 0 Å². The third-order valence-corrected chi connectivity index (χ3v) is 3.09. The molecule has 0 aliphatic carbocycles. The van der Waals surface area contributed by atoms with Crippen LogP contribution in [-0.4, -0.2) is 24.5 Å². The summed E-state index contributed by atoms with van der Waals surface area (Å²) in [6.07, 6.45) is 0. The lowest BCUT2D eigenvalue weighted by Crippen LogP contribution is -2.29. The first-order valence-electron chi connectivity index (χ1n) is 5.34. The van der Waals surface area contributed by atoms with Crippen LogP contribution in [0.4, 0.5) is 0 Å². The third kappa shape index (κ3) is 3.93. The number of nitrogens with zero attached hydrogens (tertiary/aromatic N) is 1. The molecule has 0 unspecified atom stereocenters. The van der Waals surface area contributed by atoms with Crippen LogP contribution >= 0.6 is 15.9 Å². The molecule has 0 saturated carbocycles. The molecule has 0 spiro atoms. The van der Waals surface area contributed by atoms with Gasteiger partial charge in [-0.1, -0.05) is 28.9 Å². The van der Waals surface area contributed by atoms with E-state index in [1.165, 1.54) is 11.1 Å². The van der Waals surface area contributed by atoms with Crippen molar-refractivity contribution in [1.29, 1.82) is 0 Å². The average Bonchev–Trinajstić information content (AvgIpc) is 2.22. The van der Waals surface area contributed by atoms with Gasteiger partial charge in [0.25, 0.3) is 0 Å². The Kier molecular flexibility index (Phi) is 5.29. The fraction of sp³-hybridized carbons (Fsp3) is 0.500. The summed E-state index contributed by atoms with van der Waals surface area (Å²) < 4.78 is 1.15. The van der Waals surface area contributed by atoms with Gasteiger partial charge in [0.15, 0.2) is 0 Å². The minimum absolute atomic E-state index is 0.723. The van der Waals surface area contributed by atoms with E-state index in [-0.39, 0.29) is 0 Å². The lowest BCUT2D eigenvalue weighted by Gasteiger charge is -2.20. The van der Waals surface area contributed by atoms with Crippen LogP contribution in [0.25, 0.3) is 0 Å². The molecule has 0 atom stereocenters. The van der Waals surface area contributed by atoms with Crippen molar-refractivity contribution in [3.05, 3.63) is 33.8 Å². The van der Waals surface area contributed by atoms with Crippen molar-refractivity contribution < 1.29 is 0 Å². The summed E-state index contributed by atoms with van der Waals surface area (Å²) in [4.78, 5) is 2.36. The smallest absolute Gasteiger partial charge is 0.0237 e. The molecule has 0 bridgehead atoms. The van der Waals surface area contributed by atoms with Crippen LogP contribution in [0, 0.1) is 6.92 Å². The van der Waals surface area contributed by atoms with Crippen LogP contribution in [0.1, 0.15) is 18.1 Å². The van der Waals surface area contributed by atoms with E-state index < -0.39 is 0 Å². The molecule has 0 saturated heterocycles. The van der Waals surface area contributed by atoms with Gasteiger partial charge in [-0.05, 0) is 36.7 Å². The molecule has 3 heteroatoms. The van der Waals surface area contributed by atoms with Gasteiger partial charge in [0.05, 0.1) is 0 Å². The van der Waals surface area contributed by atoms with Gasteiger partial charge in [-0.3, -0.25) is 4.90 Å². The monoisotopic (exact) mass is 270 g/mol. The molecule has 0 aliphatic rings. The van der Waals surface area contributed by atoms with E-state index in [4.69, 9.17) is 5.73 Å². The lowest BCUT2D eigenvalue weighted by molar-refractivity contribution is 0.287. The summed E-state index contributed by atoms with van der Waals surface area (Å²) in [6, 6.07) is 6.42. The van der Waals surface area contributed by atoms with Crippen molar-refractivity contribution in [3.63, 3.8) is 0 Å². The summed E-state index contributed by atoms with van der Waals surface area (Å²) in [5.74, 6) is 0. The maximum Gasteiger partial charge on any atom is 0.0237 e. The van der Waals surface area contributed by atoms with Crippen molar-refractivity contribution in [1.82, 2.24) is 4.90 Å². The summed E-state index contributed by atoms with van der Waals surface area (Å²) in [6.45, 7) is 8.03. The Morgan fingerprint density at radius 3 is 2.73 bits per heavy atom. The van der Waals surface area contributed by atoms with E-state index in [2.05, 4.69) is 52.9 Å². The number of halogens is 1. The fourth-order valence-electron chi connectivity index (χ4n) is 1.58. The van der Waals surface area contributed by atoms with Gasteiger partial charge in [0.1, 0.15) is 0 Å². The Hall–Kier alpha value is -0.380. The minimum atomic E-state index is 0.723. The molecule has 0 aromatic heterocycles. The Morgan fingerprint density at radius 1 is 1.40 bits per heavy atom. The lowest BCUT2D eigenvalue weighted by atomic mass is 10.1. The van der Waals surface area contributed by atoms with E-state index >= 15 is 0 Å². The maximum absolute atomic E-state index is 5.58. The second-order valence-electron chi connectivity index (χ2n) is 3.73. The van der Waals surface area contributed by atoms with Crippen molar-refractivity contribution in [2.45, 2.75) is 20.4 Å². The maximum atomic E-state index is 5.58. The molecule has 1 rings (SSSR count). The SMILES string of the molecule is CCN(CCN)Cc1cc(Br)ccc1C. The minimum Gasteiger partial charge on any atom is -0.329 e. The zero-order valence-electron chi connectivity index (χ0n) is 9.46. The molecule has 1 aromatic rings. The number of nitrogens with two attached hydrogens (primary N) is 1. The van der Waals surface area contributed by atoms with Crippen molar-refractivity contribution in [2.75, 3.05) is 19.6 Å². The number of rotatable bonds is 5. The molecular formula is C12H19BrN2. The highest BCUT2D eigenvalue weighted by molar-refractivity contribution is 9.10. The molecular weight excluding hydrogens is 252 g/mol. The molecule has 0 radical (unpaired) electrons. The van der Waals surface area contributed by atoms with Crippen molar-refractivity contribution in [2.24, 2.45) is 5.73 Å². The van der Waals surface area contributed by atoms with Gasteiger partial charge in [0, 0.05) is 24.1 Å². The van der Waals surface area contributed by atoms with Gasteiger partial charge in [-0.2, -0.15) is 0 Å². The highest BCUT2D eigenvalue weighted by Gasteiger charge is 2.05. The number of aryl methyl sites for hydroxylation is 1. The summed E-state index contributed by atoms with van der Waals surface area (Å²) in [5, 5.41) is 0. The molecule has 0 aliphatic heterocycles. The molecule has 15 heavy (non-hydrogen) atoms. The first-order valence-corrected chi connectivity index (χ1v) is 6.14. The van der Waals surface area contributed by atoms with Crippen LogP contribution in [0.2, 0.25) is 0 Å². The molecule has 84 valence electrons. The Morgan fingerprint density at radius 2 is 2.13 bits per heavy atom. The first-order chi connectivity index (χ1) is 7.17. The van der Waals surface area contributed by atoms with Gasteiger partial charge >= 0.3 is 0 Å². The molecule has 1 aromatic carbocycles. The van der Waals surface area contributed by atoms with Crippen LogP contribution in [0.3, 0.4) is 0 Å². The van der Waals surface area contributed by atoms with E-state index in [1.807, 2.05) is 0 Å². The molecule has 0 amide bonds. The Bertz CT molecular complexity index is 312. The Labute approximate surface area is 101 Å². The fourth-order valence-corrected chi connectivity index (χ4v) is 1.99. The Balaban J connectivity index is 2.73. The topological polar surface area (TPSA) is 29.3 Å². The molecule has 0 heterocycles. The van der Waals surface area contributed by atoms with Crippen molar-refractivity contribution >= 4 is 15.9 Å². The number of benzene rings is 1. The van der Waals surface area contributed by atoms with E-state index in [0.717, 1.165) is 30.7 Å². The first kappa shape index (κ1) is 12.7. The van der Waals surface area contributed by atoms with Crippen molar-refractivity contribution in [3.8, 4) is 0 Å². The number of hydrogen-bond acceptors (Lipinski definition) is 2. The molecule has 0 fully saturated rings. The van der Waals surface area contributed by atoms with Gasteiger partial charge in [-0.25, -0.2) is 0 Å². The zero-order valence-corrected chi connectivity index (χ0v) is 11.0. The van der Waals surface area contributed by atoms with Gasteiger partial charge < -0.3 is 5.73 Å². The second kappa shape index (κ2) is 6.26. The van der Waals surface area contributed by atoms with Gasteiger partial charge in [-0.15, -0.1) is 0 Å². The molecule has 2 nitrogen and oxygen atoms in total. The average molecular weight is 271 g/mol. The number of likely N-dealkylation sites (N-methyl/N-ethyl adjacent to an activating group) is 1. The van der Waals surface area contributed by atoms with E-state index in [0.29, 0.717) is 0 Å². The largest absolute Gasteiger partial charge is 0.329 e. The van der Waals surface area contributed by atoms with Crippen LogP contribution in [0.15, 0.2) is 22.7 Å². The summed E-state index contributed by atoms with van der Waals surface area (Å²) >= 11 is 3.50. The highest BCUT2D eigenvalue weighted by Crippen LogP contribution is 2.17. The summed E-state index contributed by atoms with van der Waals surface area (Å²) in [7, 11) is 0. The van der Waals surface area contributed by atoms with Crippen LogP contribution in [0.5, 0.6) is 0 Å². The highest BCUT2D eigenvalue weighted by atomic mass is 79.9. The van der Waals surface area contributed by atoms with Gasteiger partial charge in [0.2, 0.25) is 0 Å². The summed E-state index contributed by atoms with van der Waals surface area (Å²) in [5.41, 5.74) is 8.29. The normalized spacial score (nSPS) is 11.0. The standard InChI is InChI=1S/C12H19BrN2/c1-3-15(7-6-14)9-11-8-12(13)5-4-10(11)2/h4-5,8H,3,6-7,9,14H2,1-2H3. The quantitative estimate of drug-likeness (QED) is 0.891. The van der Waals surface area contributed by atoms with E-state index in [9.17, 15) is 0 Å². The molecule has 2 N–H and O–H groups in total. The zero-order chi connectivity index (χ0) is 11.3. The second-order valence-corrected chi connectivity index (χ2v) is 4.64. The number of hydrogen-bond donors (Lipinski definition) is 1. The van der Waals surface area contributed by atoms with Crippen LogP contribution in [-0.2, 0) is 6.54 Å². The van der Waals surface area contributed by atoms with Crippen LogP contribution < -0.4 is 5.73 Å².